The second-order valence-electron chi connectivity index (χ2n) is 6.01. The Morgan fingerprint density at radius 3 is 1.66 bits per heavy atom. The van der Waals surface area contributed by atoms with Crippen LogP contribution in [0.3, 0.4) is 0 Å². The zero-order valence-corrected chi connectivity index (χ0v) is 16.3. The van der Waals surface area contributed by atoms with Crippen LogP contribution in [0.15, 0.2) is 48.5 Å². The lowest BCUT2D eigenvalue weighted by Crippen LogP contribution is -2.20. The van der Waals surface area contributed by atoms with Crippen LogP contribution in [0.25, 0.3) is 0 Å². The summed E-state index contributed by atoms with van der Waals surface area (Å²) in [5.41, 5.74) is 7.28. The van der Waals surface area contributed by atoms with E-state index in [4.69, 9.17) is 29.4 Å². The molecular formula is C21H25NO7. The molecule has 0 atom stereocenters. The number of rotatable bonds is 12. The van der Waals surface area contributed by atoms with Crippen LogP contribution in [0, 0.1) is 6.92 Å². The average molecular weight is 403 g/mol. The van der Waals surface area contributed by atoms with Crippen LogP contribution in [-0.4, -0.2) is 51.6 Å². The van der Waals surface area contributed by atoms with Gasteiger partial charge in [0.1, 0.15) is 24.7 Å². The predicted octanol–water partition coefficient (Wildman–Crippen LogP) is 2.14. The van der Waals surface area contributed by atoms with Gasteiger partial charge in [0, 0.05) is 5.69 Å². The minimum atomic E-state index is -0.509. The minimum absolute atomic E-state index is 0.0778. The number of esters is 2. The number of aryl methyl sites for hydroxylation is 1. The fourth-order valence-corrected chi connectivity index (χ4v) is 2.10. The summed E-state index contributed by atoms with van der Waals surface area (Å²) in [6, 6.07) is 14.0. The second kappa shape index (κ2) is 12.2. The Bertz CT molecular complexity index is 694. The van der Waals surface area contributed by atoms with Gasteiger partial charge < -0.3 is 29.4 Å². The highest BCUT2D eigenvalue weighted by molar-refractivity contribution is 5.71. The third kappa shape index (κ3) is 9.48. The summed E-state index contributed by atoms with van der Waals surface area (Å²) in [5.74, 6) is 0.136. The molecule has 0 radical (unpaired) electrons. The van der Waals surface area contributed by atoms with Crippen molar-refractivity contribution in [3.8, 4) is 11.5 Å². The Morgan fingerprint density at radius 1 is 0.724 bits per heavy atom. The fraction of sp³-hybridized carbons (Fsp3) is 0.333. The van der Waals surface area contributed by atoms with Gasteiger partial charge in [-0.15, -0.1) is 0 Å². The molecule has 156 valence electrons. The van der Waals surface area contributed by atoms with E-state index in [1.54, 1.807) is 36.4 Å². The van der Waals surface area contributed by atoms with E-state index in [-0.39, 0.29) is 39.6 Å². The number of benzene rings is 2. The van der Waals surface area contributed by atoms with E-state index >= 15 is 0 Å². The monoisotopic (exact) mass is 403 g/mol. The smallest absolute Gasteiger partial charge is 0.344 e. The molecule has 8 nitrogen and oxygen atoms in total. The van der Waals surface area contributed by atoms with Crippen molar-refractivity contribution < 1.29 is 33.3 Å². The Balaban J connectivity index is 1.44. The van der Waals surface area contributed by atoms with Gasteiger partial charge >= 0.3 is 11.9 Å². The summed E-state index contributed by atoms with van der Waals surface area (Å²) >= 11 is 0. The molecule has 8 heteroatoms. The van der Waals surface area contributed by atoms with Gasteiger partial charge in [0.2, 0.25) is 0 Å². The zero-order valence-electron chi connectivity index (χ0n) is 16.3. The van der Waals surface area contributed by atoms with Crippen LogP contribution in [0.5, 0.6) is 11.5 Å². The first-order valence-electron chi connectivity index (χ1n) is 9.10. The summed E-state index contributed by atoms with van der Waals surface area (Å²) in [4.78, 5) is 23.1. The van der Waals surface area contributed by atoms with Gasteiger partial charge in [-0.25, -0.2) is 9.59 Å². The highest BCUT2D eigenvalue weighted by atomic mass is 16.6. The first-order chi connectivity index (χ1) is 14.0. The molecule has 29 heavy (non-hydrogen) atoms. The Kier molecular flexibility index (Phi) is 9.31. The maximum absolute atomic E-state index is 11.6. The van der Waals surface area contributed by atoms with Crippen molar-refractivity contribution in [2.24, 2.45) is 0 Å². The van der Waals surface area contributed by atoms with Gasteiger partial charge in [0.05, 0.1) is 13.2 Å². The standard InChI is InChI=1S/C21H25NO7/c1-16-2-6-18(7-3-16)28-14-20(23)26-12-10-25-11-13-27-21(24)15-29-19-8-4-17(22)5-9-19/h2-9H,10-15,22H2,1H3. The lowest BCUT2D eigenvalue weighted by Gasteiger charge is -2.09. The first kappa shape index (κ1) is 22.0. The van der Waals surface area contributed by atoms with E-state index < -0.39 is 11.9 Å². The maximum atomic E-state index is 11.6. The molecule has 2 aromatic rings. The molecule has 0 aliphatic rings. The Labute approximate surface area is 169 Å². The Morgan fingerprint density at radius 2 is 1.17 bits per heavy atom. The highest BCUT2D eigenvalue weighted by Crippen LogP contribution is 2.13. The fourth-order valence-electron chi connectivity index (χ4n) is 2.10. The van der Waals surface area contributed by atoms with Crippen LogP contribution >= 0.6 is 0 Å². The van der Waals surface area contributed by atoms with E-state index in [2.05, 4.69) is 0 Å². The summed E-state index contributed by atoms with van der Waals surface area (Å²) in [5, 5.41) is 0. The van der Waals surface area contributed by atoms with Gasteiger partial charge in [-0.2, -0.15) is 0 Å². The van der Waals surface area contributed by atoms with Crippen molar-refractivity contribution >= 4 is 17.6 Å². The molecule has 0 saturated heterocycles. The molecule has 0 aliphatic heterocycles. The molecule has 0 fully saturated rings. The summed E-state index contributed by atoms with van der Waals surface area (Å²) < 4.78 is 25.8. The topological polar surface area (TPSA) is 106 Å². The first-order valence-corrected chi connectivity index (χ1v) is 9.10. The number of anilines is 1. The van der Waals surface area contributed by atoms with E-state index in [1.807, 2.05) is 19.1 Å². The maximum Gasteiger partial charge on any atom is 0.344 e. The van der Waals surface area contributed by atoms with E-state index in [0.29, 0.717) is 17.2 Å². The molecular weight excluding hydrogens is 378 g/mol. The highest BCUT2D eigenvalue weighted by Gasteiger charge is 2.06. The number of ether oxygens (including phenoxy) is 5. The summed E-state index contributed by atoms with van der Waals surface area (Å²) in [6.45, 7) is 2.13. The molecule has 0 aliphatic carbocycles. The average Bonchev–Trinajstić information content (AvgIpc) is 2.72. The number of hydrogen-bond donors (Lipinski definition) is 1. The largest absolute Gasteiger partial charge is 0.482 e. The number of nitrogen functional groups attached to an aromatic ring is 1. The van der Waals surface area contributed by atoms with Gasteiger partial charge in [0.25, 0.3) is 0 Å². The lowest BCUT2D eigenvalue weighted by molar-refractivity contribution is -0.149. The zero-order chi connectivity index (χ0) is 20.9. The molecule has 0 aromatic heterocycles. The van der Waals surface area contributed by atoms with Gasteiger partial charge in [-0.05, 0) is 43.3 Å². The summed E-state index contributed by atoms with van der Waals surface area (Å²) in [7, 11) is 0. The molecule has 2 aromatic carbocycles. The van der Waals surface area contributed by atoms with Crippen molar-refractivity contribution in [2.75, 3.05) is 45.4 Å². The van der Waals surface area contributed by atoms with Gasteiger partial charge in [-0.1, -0.05) is 17.7 Å². The quantitative estimate of drug-likeness (QED) is 0.326. The third-order valence-corrected chi connectivity index (χ3v) is 3.60. The van der Waals surface area contributed by atoms with E-state index in [0.717, 1.165) is 5.56 Å². The van der Waals surface area contributed by atoms with Crippen molar-refractivity contribution in [3.05, 3.63) is 54.1 Å². The number of hydrogen-bond acceptors (Lipinski definition) is 8. The van der Waals surface area contributed by atoms with Crippen LogP contribution in [0.4, 0.5) is 5.69 Å². The summed E-state index contributed by atoms with van der Waals surface area (Å²) in [6.07, 6.45) is 0. The van der Waals surface area contributed by atoms with Crippen LogP contribution in [0.1, 0.15) is 5.56 Å². The molecule has 0 saturated carbocycles. The molecule has 0 bridgehead atoms. The van der Waals surface area contributed by atoms with E-state index in [1.165, 1.54) is 0 Å². The van der Waals surface area contributed by atoms with E-state index in [9.17, 15) is 9.59 Å². The normalized spacial score (nSPS) is 10.2. The SMILES string of the molecule is Cc1ccc(OCC(=O)OCCOCCOC(=O)COc2ccc(N)cc2)cc1. The molecule has 0 spiro atoms. The predicted molar refractivity (Wildman–Crippen MR) is 106 cm³/mol. The molecule has 2 rings (SSSR count). The lowest BCUT2D eigenvalue weighted by atomic mass is 10.2. The number of nitrogens with two attached hydrogens (primary N) is 1. The molecule has 0 unspecified atom stereocenters. The minimum Gasteiger partial charge on any atom is -0.482 e. The van der Waals surface area contributed by atoms with Crippen molar-refractivity contribution in [1.29, 1.82) is 0 Å². The van der Waals surface area contributed by atoms with Crippen LogP contribution < -0.4 is 15.2 Å². The van der Waals surface area contributed by atoms with Crippen LogP contribution in [-0.2, 0) is 23.8 Å². The van der Waals surface area contributed by atoms with Crippen molar-refractivity contribution in [2.45, 2.75) is 6.92 Å². The third-order valence-electron chi connectivity index (χ3n) is 3.60. The van der Waals surface area contributed by atoms with Crippen LogP contribution in [0.2, 0.25) is 0 Å². The van der Waals surface area contributed by atoms with Crippen molar-refractivity contribution in [1.82, 2.24) is 0 Å². The second-order valence-corrected chi connectivity index (χ2v) is 6.01. The molecule has 0 heterocycles. The number of carbonyl (C=O) groups is 2. The van der Waals surface area contributed by atoms with Gasteiger partial charge in [0.15, 0.2) is 13.2 Å². The van der Waals surface area contributed by atoms with Gasteiger partial charge in [-0.3, -0.25) is 0 Å². The number of carbonyl (C=O) groups excluding carboxylic acids is 2. The molecule has 0 amide bonds. The Hall–Kier alpha value is -3.26. The molecule has 2 N–H and O–H groups in total. The van der Waals surface area contributed by atoms with Crippen molar-refractivity contribution in [3.63, 3.8) is 0 Å².